The molecule has 1 aromatic rings. The summed E-state index contributed by atoms with van der Waals surface area (Å²) in [6.07, 6.45) is 1.92. The van der Waals surface area contributed by atoms with Gasteiger partial charge >= 0.3 is 0 Å². The number of hydrogen-bond donors (Lipinski definition) is 1. The summed E-state index contributed by atoms with van der Waals surface area (Å²) in [5.74, 6) is 2.14. The maximum Gasteiger partial charge on any atom is 0.197 e. The van der Waals surface area contributed by atoms with Crippen molar-refractivity contribution in [1.29, 1.82) is 0 Å². The largest absolute Gasteiger partial charge is 0.445 e. The number of hydrogen-bond acceptors (Lipinski definition) is 5. The van der Waals surface area contributed by atoms with Crippen molar-refractivity contribution in [2.75, 3.05) is 18.1 Å². The van der Waals surface area contributed by atoms with Crippen LogP contribution in [0, 0.1) is 6.92 Å². The molecule has 2 N–H and O–H groups in total. The Kier molecular flexibility index (Phi) is 3.53. The predicted molar refractivity (Wildman–Crippen MR) is 64.6 cm³/mol. The minimum atomic E-state index is -2.83. The molecule has 2 heterocycles. The fraction of sp³-hybridized carbons (Fsp3) is 0.727. The van der Waals surface area contributed by atoms with Gasteiger partial charge in [-0.1, -0.05) is 0 Å². The smallest absolute Gasteiger partial charge is 0.197 e. The zero-order chi connectivity index (χ0) is 12.5. The second-order valence-corrected chi connectivity index (χ2v) is 6.83. The molecule has 1 saturated heterocycles. The Hall–Kier alpha value is -0.880. The summed E-state index contributed by atoms with van der Waals surface area (Å²) in [6, 6.07) is 0. The van der Waals surface area contributed by atoms with Gasteiger partial charge < -0.3 is 10.2 Å². The molecule has 5 nitrogen and oxygen atoms in total. The Balaban J connectivity index is 2.11. The Morgan fingerprint density at radius 3 is 2.65 bits per heavy atom. The van der Waals surface area contributed by atoms with Crippen molar-refractivity contribution in [3.63, 3.8) is 0 Å². The van der Waals surface area contributed by atoms with Gasteiger partial charge in [-0.05, 0) is 26.3 Å². The number of sulfone groups is 1. The van der Waals surface area contributed by atoms with E-state index in [1.807, 2.05) is 6.92 Å². The van der Waals surface area contributed by atoms with E-state index in [1.165, 1.54) is 0 Å². The molecule has 0 spiro atoms. The number of aromatic nitrogens is 1. The quantitative estimate of drug-likeness (QED) is 0.865. The van der Waals surface area contributed by atoms with Gasteiger partial charge in [-0.3, -0.25) is 0 Å². The third-order valence-corrected chi connectivity index (χ3v) is 4.90. The average Bonchev–Trinajstić information content (AvgIpc) is 2.61. The summed E-state index contributed by atoms with van der Waals surface area (Å²) in [7, 11) is -2.83. The van der Waals surface area contributed by atoms with Crippen LogP contribution in [0.3, 0.4) is 0 Å². The maximum atomic E-state index is 11.3. The van der Waals surface area contributed by atoms with Crippen molar-refractivity contribution in [3.05, 3.63) is 17.3 Å². The summed E-state index contributed by atoms with van der Waals surface area (Å²) in [4.78, 5) is 4.38. The molecule has 2 rings (SSSR count). The van der Waals surface area contributed by atoms with Crippen LogP contribution in [0.4, 0.5) is 0 Å². The molecular weight excluding hydrogens is 240 g/mol. The molecule has 1 fully saturated rings. The van der Waals surface area contributed by atoms with Crippen molar-refractivity contribution in [3.8, 4) is 0 Å². The average molecular weight is 258 g/mol. The van der Waals surface area contributed by atoms with Gasteiger partial charge in [0.1, 0.15) is 15.6 Å². The van der Waals surface area contributed by atoms with Gasteiger partial charge in [-0.25, -0.2) is 13.4 Å². The summed E-state index contributed by atoms with van der Waals surface area (Å²) < 4.78 is 28.3. The van der Waals surface area contributed by atoms with Crippen LogP contribution < -0.4 is 5.73 Å². The Labute approximate surface area is 101 Å². The second-order valence-electron chi connectivity index (χ2n) is 4.53. The molecule has 1 aliphatic rings. The fourth-order valence-electron chi connectivity index (χ4n) is 2.13. The zero-order valence-electron chi connectivity index (χ0n) is 9.98. The molecule has 0 aromatic carbocycles. The molecule has 0 saturated carbocycles. The van der Waals surface area contributed by atoms with Crippen molar-refractivity contribution >= 4 is 9.84 Å². The number of aryl methyl sites for hydroxylation is 1. The van der Waals surface area contributed by atoms with E-state index in [2.05, 4.69) is 4.98 Å². The van der Waals surface area contributed by atoms with Crippen molar-refractivity contribution in [1.82, 2.24) is 4.98 Å². The zero-order valence-corrected chi connectivity index (χ0v) is 10.8. The monoisotopic (exact) mass is 258 g/mol. The van der Waals surface area contributed by atoms with Crippen LogP contribution in [-0.4, -0.2) is 31.5 Å². The van der Waals surface area contributed by atoms with Gasteiger partial charge in [0.05, 0.1) is 17.2 Å². The predicted octanol–water partition coefficient (Wildman–Crippen LogP) is 0.776. The summed E-state index contributed by atoms with van der Waals surface area (Å²) >= 11 is 0. The first kappa shape index (κ1) is 12.6. The van der Waals surface area contributed by atoms with Gasteiger partial charge in [-0.2, -0.15) is 0 Å². The van der Waals surface area contributed by atoms with Crippen LogP contribution in [0.25, 0.3) is 0 Å². The molecule has 0 amide bonds. The van der Waals surface area contributed by atoms with E-state index in [4.69, 9.17) is 10.2 Å². The van der Waals surface area contributed by atoms with Gasteiger partial charge in [0.25, 0.3) is 0 Å². The van der Waals surface area contributed by atoms with Crippen LogP contribution in [0.1, 0.15) is 36.1 Å². The molecule has 96 valence electrons. The molecule has 0 unspecified atom stereocenters. The van der Waals surface area contributed by atoms with Crippen LogP contribution in [0.2, 0.25) is 0 Å². The first-order valence-electron chi connectivity index (χ1n) is 5.88. The van der Waals surface area contributed by atoms with E-state index in [9.17, 15) is 8.42 Å². The Morgan fingerprint density at radius 2 is 2.06 bits per heavy atom. The van der Waals surface area contributed by atoms with Gasteiger partial charge in [0, 0.05) is 12.3 Å². The molecule has 6 heteroatoms. The van der Waals surface area contributed by atoms with E-state index in [-0.39, 0.29) is 17.4 Å². The lowest BCUT2D eigenvalue weighted by Crippen LogP contribution is -2.22. The van der Waals surface area contributed by atoms with E-state index in [0.29, 0.717) is 31.7 Å². The van der Waals surface area contributed by atoms with E-state index < -0.39 is 9.84 Å². The lowest BCUT2D eigenvalue weighted by molar-refractivity contribution is 0.401. The summed E-state index contributed by atoms with van der Waals surface area (Å²) in [6.45, 7) is 2.44. The highest BCUT2D eigenvalue weighted by atomic mass is 32.2. The normalized spacial score (nSPS) is 20.6. The van der Waals surface area contributed by atoms with E-state index >= 15 is 0 Å². The van der Waals surface area contributed by atoms with Gasteiger partial charge in [-0.15, -0.1) is 0 Å². The molecule has 0 atom stereocenters. The number of rotatable bonds is 3. The van der Waals surface area contributed by atoms with Gasteiger partial charge in [0.2, 0.25) is 0 Å². The first-order valence-corrected chi connectivity index (χ1v) is 7.70. The van der Waals surface area contributed by atoms with E-state index in [0.717, 1.165) is 11.5 Å². The Bertz CT molecular complexity index is 479. The molecular formula is C11H18N2O3S. The number of nitrogens with two attached hydrogens (primary N) is 1. The SMILES string of the molecule is Cc1nc(C2CCS(=O)(=O)CC2)oc1CCN. The highest BCUT2D eigenvalue weighted by molar-refractivity contribution is 7.91. The van der Waals surface area contributed by atoms with Crippen LogP contribution in [-0.2, 0) is 16.3 Å². The van der Waals surface area contributed by atoms with Gasteiger partial charge in [0.15, 0.2) is 5.89 Å². The summed E-state index contributed by atoms with van der Waals surface area (Å²) in [5, 5.41) is 0. The lowest BCUT2D eigenvalue weighted by atomic mass is 10.0. The van der Waals surface area contributed by atoms with Crippen molar-refractivity contribution < 1.29 is 12.8 Å². The Morgan fingerprint density at radius 1 is 1.41 bits per heavy atom. The minimum absolute atomic E-state index is 0.142. The molecule has 1 aliphatic heterocycles. The first-order chi connectivity index (χ1) is 8.02. The highest BCUT2D eigenvalue weighted by Gasteiger charge is 2.28. The van der Waals surface area contributed by atoms with Crippen molar-refractivity contribution in [2.45, 2.75) is 32.1 Å². The number of nitrogens with zero attached hydrogens (tertiary/aromatic N) is 1. The molecule has 0 bridgehead atoms. The van der Waals surface area contributed by atoms with Crippen LogP contribution in [0.5, 0.6) is 0 Å². The number of oxazole rings is 1. The third-order valence-electron chi connectivity index (χ3n) is 3.18. The van der Waals surface area contributed by atoms with Crippen molar-refractivity contribution in [2.24, 2.45) is 5.73 Å². The topological polar surface area (TPSA) is 86.2 Å². The second kappa shape index (κ2) is 4.78. The third kappa shape index (κ3) is 2.87. The molecule has 0 aliphatic carbocycles. The lowest BCUT2D eigenvalue weighted by Gasteiger charge is -2.18. The molecule has 0 radical (unpaired) electrons. The summed E-state index contributed by atoms with van der Waals surface area (Å²) in [5.41, 5.74) is 6.36. The highest BCUT2D eigenvalue weighted by Crippen LogP contribution is 2.29. The maximum absolute atomic E-state index is 11.3. The molecule has 17 heavy (non-hydrogen) atoms. The van der Waals surface area contributed by atoms with Crippen LogP contribution >= 0.6 is 0 Å². The fourth-order valence-corrected chi connectivity index (χ4v) is 3.62. The molecule has 1 aromatic heterocycles. The standard InChI is InChI=1S/C11H18N2O3S/c1-8-10(2-5-12)16-11(13-8)9-3-6-17(14,15)7-4-9/h9H,2-7,12H2,1H3. The van der Waals surface area contributed by atoms with E-state index in [1.54, 1.807) is 0 Å². The van der Waals surface area contributed by atoms with Crippen LogP contribution in [0.15, 0.2) is 4.42 Å². The minimum Gasteiger partial charge on any atom is -0.445 e.